The second kappa shape index (κ2) is 10.0. The Morgan fingerprint density at radius 3 is 2.54 bits per heavy atom. The summed E-state index contributed by atoms with van der Waals surface area (Å²) in [5.41, 5.74) is 1.86. The first kappa shape index (κ1) is 26.5. The van der Waals surface area contributed by atoms with Gasteiger partial charge in [0.25, 0.3) is 5.91 Å². The van der Waals surface area contributed by atoms with Gasteiger partial charge in [0.15, 0.2) is 11.3 Å². The summed E-state index contributed by atoms with van der Waals surface area (Å²) in [6, 6.07) is 21.0. The molecule has 6 rings (SSSR count). The Hall–Kier alpha value is -4.70. The molecule has 1 N–H and O–H groups in total. The van der Waals surface area contributed by atoms with Crippen molar-refractivity contribution in [3.63, 3.8) is 0 Å². The van der Waals surface area contributed by atoms with E-state index in [-0.39, 0.29) is 16.9 Å². The highest BCUT2D eigenvalue weighted by atomic mass is 35.5. The number of carbonyl (C=O) groups excluding carboxylic acids is 1. The maximum Gasteiger partial charge on any atom is 0.433 e. The number of halogens is 4. The van der Waals surface area contributed by atoms with Gasteiger partial charge < -0.3 is 5.32 Å². The molecule has 0 bridgehead atoms. The maximum atomic E-state index is 14.2. The molecule has 7 nitrogen and oxygen atoms in total. The van der Waals surface area contributed by atoms with Crippen LogP contribution in [0.15, 0.2) is 79.0 Å². The van der Waals surface area contributed by atoms with Crippen LogP contribution in [0.25, 0.3) is 27.7 Å². The highest BCUT2D eigenvalue weighted by Crippen LogP contribution is 2.35. The van der Waals surface area contributed by atoms with Crippen molar-refractivity contribution in [1.82, 2.24) is 24.4 Å². The standard InChI is InChI=1S/C30H22ClF3N6O/c1-17-27(18(2)39(38-17)16-19-7-5-10-21(31)13-19)37-29(41)24-15-35-40-26(30(32,33)34)14-25(36-28(24)40)23-12-6-9-20-8-3-4-11-22(20)23/h3-15H,16H2,1-2H3,(H,37,41). The van der Waals surface area contributed by atoms with Crippen molar-refractivity contribution in [2.24, 2.45) is 0 Å². The fourth-order valence-corrected chi connectivity index (χ4v) is 5.15. The van der Waals surface area contributed by atoms with Crippen molar-refractivity contribution < 1.29 is 18.0 Å². The molecular formula is C30H22ClF3N6O. The van der Waals surface area contributed by atoms with E-state index in [4.69, 9.17) is 11.6 Å². The SMILES string of the molecule is Cc1nn(Cc2cccc(Cl)c2)c(C)c1NC(=O)c1cnn2c(C(F)(F)F)cc(-c3cccc4ccccc34)nc12. The number of rotatable bonds is 5. The molecule has 0 aliphatic heterocycles. The summed E-state index contributed by atoms with van der Waals surface area (Å²) >= 11 is 6.11. The van der Waals surface area contributed by atoms with Gasteiger partial charge in [0.2, 0.25) is 0 Å². The fraction of sp³-hybridized carbons (Fsp3) is 0.133. The fourth-order valence-electron chi connectivity index (χ4n) is 4.93. The average molecular weight is 575 g/mol. The van der Waals surface area contributed by atoms with Gasteiger partial charge >= 0.3 is 6.18 Å². The van der Waals surface area contributed by atoms with E-state index in [2.05, 4.69) is 20.5 Å². The smallest absolute Gasteiger partial charge is 0.319 e. The number of nitrogens with one attached hydrogen (secondary N) is 1. The number of aryl methyl sites for hydroxylation is 1. The van der Waals surface area contributed by atoms with Gasteiger partial charge in [-0.3, -0.25) is 9.48 Å². The van der Waals surface area contributed by atoms with E-state index >= 15 is 0 Å². The first-order valence-electron chi connectivity index (χ1n) is 12.6. The van der Waals surface area contributed by atoms with Crippen LogP contribution in [-0.2, 0) is 12.7 Å². The molecule has 0 aliphatic carbocycles. The van der Waals surface area contributed by atoms with E-state index in [1.807, 2.05) is 48.5 Å². The van der Waals surface area contributed by atoms with Crippen molar-refractivity contribution in [2.45, 2.75) is 26.6 Å². The summed E-state index contributed by atoms with van der Waals surface area (Å²) in [5, 5.41) is 13.4. The normalized spacial score (nSPS) is 11.9. The van der Waals surface area contributed by atoms with Crippen LogP contribution in [0.3, 0.4) is 0 Å². The van der Waals surface area contributed by atoms with Crippen LogP contribution >= 0.6 is 11.6 Å². The lowest BCUT2D eigenvalue weighted by atomic mass is 10.0. The van der Waals surface area contributed by atoms with Crippen LogP contribution in [0, 0.1) is 13.8 Å². The van der Waals surface area contributed by atoms with Crippen molar-refractivity contribution in [1.29, 1.82) is 0 Å². The van der Waals surface area contributed by atoms with Crippen LogP contribution < -0.4 is 5.32 Å². The summed E-state index contributed by atoms with van der Waals surface area (Å²) in [6.45, 7) is 3.96. The number of aromatic nitrogens is 5. The molecule has 0 atom stereocenters. The van der Waals surface area contributed by atoms with Crippen molar-refractivity contribution in [3.05, 3.63) is 112 Å². The summed E-state index contributed by atoms with van der Waals surface area (Å²) in [7, 11) is 0. The number of hydrogen-bond acceptors (Lipinski definition) is 4. The van der Waals surface area contributed by atoms with Crippen LogP contribution in [0.4, 0.5) is 18.9 Å². The molecule has 0 radical (unpaired) electrons. The zero-order chi connectivity index (χ0) is 28.9. The van der Waals surface area contributed by atoms with Crippen LogP contribution in [0.1, 0.15) is 33.0 Å². The van der Waals surface area contributed by atoms with E-state index in [1.54, 1.807) is 36.7 Å². The Labute approximate surface area is 237 Å². The van der Waals surface area contributed by atoms with Gasteiger partial charge in [0.1, 0.15) is 5.56 Å². The summed E-state index contributed by atoms with van der Waals surface area (Å²) in [4.78, 5) is 18.0. The van der Waals surface area contributed by atoms with E-state index < -0.39 is 17.8 Å². The number of anilines is 1. The molecule has 6 aromatic rings. The molecule has 0 saturated heterocycles. The molecule has 3 heterocycles. The van der Waals surface area contributed by atoms with Gasteiger partial charge in [-0.15, -0.1) is 0 Å². The number of alkyl halides is 3. The molecule has 0 spiro atoms. The minimum Gasteiger partial charge on any atom is -0.319 e. The monoisotopic (exact) mass is 574 g/mol. The summed E-state index contributed by atoms with van der Waals surface area (Å²) in [5.74, 6) is -0.649. The number of benzene rings is 3. The van der Waals surface area contributed by atoms with Crippen LogP contribution in [0.5, 0.6) is 0 Å². The molecular weight excluding hydrogens is 553 g/mol. The molecule has 0 aliphatic rings. The molecule has 3 aromatic carbocycles. The van der Waals surface area contributed by atoms with Gasteiger partial charge in [-0.25, -0.2) is 9.50 Å². The summed E-state index contributed by atoms with van der Waals surface area (Å²) < 4.78 is 45.0. The van der Waals surface area contributed by atoms with Gasteiger partial charge in [0, 0.05) is 10.6 Å². The number of nitrogens with zero attached hydrogens (tertiary/aromatic N) is 5. The molecule has 41 heavy (non-hydrogen) atoms. The molecule has 0 fully saturated rings. The van der Waals surface area contributed by atoms with E-state index in [9.17, 15) is 18.0 Å². The van der Waals surface area contributed by atoms with E-state index in [0.29, 0.717) is 38.7 Å². The zero-order valence-electron chi connectivity index (χ0n) is 21.9. The average Bonchev–Trinajstić information content (AvgIpc) is 3.48. The Balaban J connectivity index is 1.41. The third-order valence-electron chi connectivity index (χ3n) is 6.91. The van der Waals surface area contributed by atoms with Crippen LogP contribution in [0.2, 0.25) is 5.02 Å². The minimum absolute atomic E-state index is 0.0814. The molecule has 3 aromatic heterocycles. The van der Waals surface area contributed by atoms with Crippen molar-refractivity contribution in [3.8, 4) is 11.3 Å². The number of carbonyl (C=O) groups is 1. The Morgan fingerprint density at radius 1 is 1.00 bits per heavy atom. The molecule has 1 amide bonds. The lowest BCUT2D eigenvalue weighted by molar-refractivity contribution is -0.142. The number of fused-ring (bicyclic) bond motifs is 2. The maximum absolute atomic E-state index is 14.2. The predicted octanol–water partition coefficient (Wildman–Crippen LogP) is 7.34. The quantitative estimate of drug-likeness (QED) is 0.234. The van der Waals surface area contributed by atoms with E-state index in [0.717, 1.165) is 28.6 Å². The summed E-state index contributed by atoms with van der Waals surface area (Å²) in [6.07, 6.45) is -3.64. The topological polar surface area (TPSA) is 77.1 Å². The first-order chi connectivity index (χ1) is 19.6. The Morgan fingerprint density at radius 2 is 1.76 bits per heavy atom. The lowest BCUT2D eigenvalue weighted by Crippen LogP contribution is -2.16. The zero-order valence-corrected chi connectivity index (χ0v) is 22.6. The number of hydrogen-bond donors (Lipinski definition) is 1. The second-order valence-corrected chi connectivity index (χ2v) is 10.1. The Kier molecular flexibility index (Phi) is 6.50. The van der Waals surface area contributed by atoms with Crippen LogP contribution in [-0.4, -0.2) is 30.3 Å². The van der Waals surface area contributed by atoms with Gasteiger partial charge in [0.05, 0.1) is 35.5 Å². The second-order valence-electron chi connectivity index (χ2n) is 9.63. The van der Waals surface area contributed by atoms with Gasteiger partial charge in [-0.2, -0.15) is 23.4 Å². The van der Waals surface area contributed by atoms with E-state index in [1.165, 1.54) is 0 Å². The van der Waals surface area contributed by atoms with Crippen molar-refractivity contribution >= 4 is 39.6 Å². The Bertz CT molecular complexity index is 1950. The highest BCUT2D eigenvalue weighted by molar-refractivity contribution is 6.30. The molecule has 0 unspecified atom stereocenters. The predicted molar refractivity (Wildman–Crippen MR) is 151 cm³/mol. The van der Waals surface area contributed by atoms with Gasteiger partial charge in [-0.1, -0.05) is 66.2 Å². The first-order valence-corrected chi connectivity index (χ1v) is 13.0. The third-order valence-corrected chi connectivity index (χ3v) is 7.15. The third kappa shape index (κ3) is 4.91. The molecule has 206 valence electrons. The highest BCUT2D eigenvalue weighted by Gasteiger charge is 2.36. The minimum atomic E-state index is -4.74. The number of amides is 1. The van der Waals surface area contributed by atoms with Crippen molar-refractivity contribution in [2.75, 3.05) is 5.32 Å². The van der Waals surface area contributed by atoms with Gasteiger partial charge in [-0.05, 0) is 48.4 Å². The molecule has 11 heteroatoms. The largest absolute Gasteiger partial charge is 0.433 e. The lowest BCUT2D eigenvalue weighted by Gasteiger charge is -2.13. The molecule has 0 saturated carbocycles.